The van der Waals surface area contributed by atoms with Crippen LogP contribution in [0.5, 0.6) is 0 Å². The third-order valence-electron chi connectivity index (χ3n) is 9.32. The van der Waals surface area contributed by atoms with Gasteiger partial charge in [0.05, 0.1) is 18.1 Å². The summed E-state index contributed by atoms with van der Waals surface area (Å²) < 4.78 is 11.8. The maximum Gasteiger partial charge on any atom is 0.407 e. The largest absolute Gasteiger partial charge is 0.481 e. The van der Waals surface area contributed by atoms with E-state index in [4.69, 9.17) is 9.47 Å². The van der Waals surface area contributed by atoms with Crippen LogP contribution in [0.1, 0.15) is 48.8 Å². The Balaban J connectivity index is 1.17. The number of nitrogens with one attached hydrogen (secondary N) is 1. The number of hydrogen-bond acceptors (Lipinski definition) is 5. The van der Waals surface area contributed by atoms with Crippen LogP contribution in [-0.2, 0) is 25.7 Å². The average Bonchev–Trinajstić information content (AvgIpc) is 3.68. The number of carbonyl (C=O) groups is 3. The summed E-state index contributed by atoms with van der Waals surface area (Å²) in [6.07, 6.45) is 0.788. The van der Waals surface area contributed by atoms with E-state index >= 15 is 0 Å². The summed E-state index contributed by atoms with van der Waals surface area (Å²) in [4.78, 5) is 41.0. The Morgan fingerprint density at radius 2 is 1.62 bits per heavy atom. The minimum Gasteiger partial charge on any atom is -0.481 e. The molecule has 1 saturated heterocycles. The molecule has 3 aliphatic rings. The number of aliphatic carboxylic acids is 1. The highest BCUT2D eigenvalue weighted by atomic mass is 16.5. The van der Waals surface area contributed by atoms with Crippen LogP contribution < -0.4 is 5.32 Å². The number of nitrogens with zero attached hydrogens (tertiary/aromatic N) is 1. The molecule has 6 rings (SSSR count). The molecule has 3 aromatic carbocycles. The van der Waals surface area contributed by atoms with Gasteiger partial charge in [0.1, 0.15) is 12.6 Å². The highest BCUT2D eigenvalue weighted by Gasteiger charge is 2.56. The molecule has 1 aliphatic heterocycles. The standard InChI is InChI=1S/C34H36N2O6/c1-22(41-19-23-10-3-2-4-11-23)30(31(37)36-18-24-12-9-17-34(24,21-36)32(38)39)35-33(40)42-20-29-27-15-7-5-13-25(27)26-14-6-8-16-28(26)29/h2-8,10-11,13-16,22,24,29-30H,9,12,17-21H2,1H3,(H,35,40)(H,38,39)/t22?,24-,30?,34-/m0/s1. The number of carboxylic acid groups (broad SMARTS) is 1. The van der Waals surface area contributed by atoms with Gasteiger partial charge >= 0.3 is 12.1 Å². The maximum atomic E-state index is 13.9. The van der Waals surface area contributed by atoms with Crippen molar-refractivity contribution in [2.24, 2.45) is 11.3 Å². The third-order valence-corrected chi connectivity index (χ3v) is 9.32. The molecular weight excluding hydrogens is 532 g/mol. The van der Waals surface area contributed by atoms with Gasteiger partial charge in [0, 0.05) is 19.0 Å². The molecule has 3 aromatic rings. The summed E-state index contributed by atoms with van der Waals surface area (Å²) in [5, 5.41) is 12.8. The minimum atomic E-state index is -1.03. The highest BCUT2D eigenvalue weighted by molar-refractivity contribution is 5.88. The Hall–Kier alpha value is -4.17. The molecule has 2 aliphatic carbocycles. The first-order valence-corrected chi connectivity index (χ1v) is 14.7. The summed E-state index contributed by atoms with van der Waals surface area (Å²) in [5.41, 5.74) is 4.48. The van der Waals surface area contributed by atoms with Gasteiger partial charge in [-0.3, -0.25) is 9.59 Å². The maximum absolute atomic E-state index is 13.9. The third kappa shape index (κ3) is 5.15. The second kappa shape index (κ2) is 11.6. The lowest BCUT2D eigenvalue weighted by Crippen LogP contribution is -2.54. The molecule has 2 N–H and O–H groups in total. The van der Waals surface area contributed by atoms with Crippen molar-refractivity contribution in [2.75, 3.05) is 19.7 Å². The van der Waals surface area contributed by atoms with Gasteiger partial charge in [-0.2, -0.15) is 0 Å². The van der Waals surface area contributed by atoms with Crippen molar-refractivity contribution in [3.63, 3.8) is 0 Å². The van der Waals surface area contributed by atoms with Gasteiger partial charge in [0.25, 0.3) is 0 Å². The van der Waals surface area contributed by atoms with Crippen LogP contribution in [0.4, 0.5) is 4.79 Å². The van der Waals surface area contributed by atoms with E-state index in [9.17, 15) is 19.5 Å². The highest BCUT2D eigenvalue weighted by Crippen LogP contribution is 2.49. The first kappa shape index (κ1) is 28.0. The quantitative estimate of drug-likeness (QED) is 0.367. The SMILES string of the molecule is CC(OCc1ccccc1)C(NC(=O)OCC1c2ccccc2-c2ccccc21)C(=O)N1C[C@@H]2CCC[C@]2(C(=O)O)C1. The smallest absolute Gasteiger partial charge is 0.407 e. The number of carbonyl (C=O) groups excluding carboxylic acids is 2. The average molecular weight is 569 g/mol. The first-order chi connectivity index (χ1) is 20.4. The zero-order valence-corrected chi connectivity index (χ0v) is 23.7. The fourth-order valence-corrected chi connectivity index (χ4v) is 7.05. The normalized spacial score (nSPS) is 22.1. The van der Waals surface area contributed by atoms with E-state index < -0.39 is 29.6 Å². The number of hydrogen-bond donors (Lipinski definition) is 2. The Morgan fingerprint density at radius 1 is 0.976 bits per heavy atom. The second-order valence-corrected chi connectivity index (χ2v) is 11.7. The predicted octanol–water partition coefficient (Wildman–Crippen LogP) is 5.21. The van der Waals surface area contributed by atoms with E-state index in [-0.39, 0.29) is 37.5 Å². The molecule has 0 radical (unpaired) electrons. The summed E-state index contributed by atoms with van der Waals surface area (Å²) in [5.74, 6) is -1.40. The predicted molar refractivity (Wildman–Crippen MR) is 157 cm³/mol. The van der Waals surface area contributed by atoms with Crippen LogP contribution >= 0.6 is 0 Å². The number of rotatable bonds is 9. The molecule has 8 heteroatoms. The lowest BCUT2D eigenvalue weighted by atomic mass is 9.81. The van der Waals surface area contributed by atoms with Gasteiger partial charge in [-0.25, -0.2) is 4.79 Å². The molecule has 2 fully saturated rings. The van der Waals surface area contributed by atoms with Gasteiger partial charge in [-0.05, 0) is 53.5 Å². The van der Waals surface area contributed by atoms with Crippen molar-refractivity contribution in [3.8, 4) is 11.1 Å². The van der Waals surface area contributed by atoms with Crippen molar-refractivity contribution >= 4 is 18.0 Å². The van der Waals surface area contributed by atoms with E-state index in [0.29, 0.717) is 13.0 Å². The summed E-state index contributed by atoms with van der Waals surface area (Å²) >= 11 is 0. The van der Waals surface area contributed by atoms with Crippen molar-refractivity contribution in [1.29, 1.82) is 0 Å². The Bertz CT molecular complexity index is 1430. The van der Waals surface area contributed by atoms with E-state index in [0.717, 1.165) is 40.7 Å². The lowest BCUT2D eigenvalue weighted by molar-refractivity contribution is -0.149. The molecule has 4 atom stereocenters. The molecule has 0 aromatic heterocycles. The number of ether oxygens (including phenoxy) is 2. The van der Waals surface area contributed by atoms with Crippen molar-refractivity contribution in [1.82, 2.24) is 10.2 Å². The Morgan fingerprint density at radius 3 is 2.26 bits per heavy atom. The Kier molecular flexibility index (Phi) is 7.73. The zero-order chi connectivity index (χ0) is 29.3. The molecule has 42 heavy (non-hydrogen) atoms. The molecule has 218 valence electrons. The van der Waals surface area contributed by atoms with Crippen LogP contribution in [-0.4, -0.2) is 59.8 Å². The van der Waals surface area contributed by atoms with Gasteiger partial charge in [-0.1, -0.05) is 85.3 Å². The molecular formula is C34H36N2O6. The summed E-state index contributed by atoms with van der Waals surface area (Å²) in [6, 6.07) is 24.8. The van der Waals surface area contributed by atoms with E-state index in [1.54, 1.807) is 11.8 Å². The molecule has 2 unspecified atom stereocenters. The number of amides is 2. The fraction of sp³-hybridized carbons (Fsp3) is 0.382. The Labute approximate surface area is 245 Å². The second-order valence-electron chi connectivity index (χ2n) is 11.7. The topological polar surface area (TPSA) is 105 Å². The van der Waals surface area contributed by atoms with Gasteiger partial charge in [0.2, 0.25) is 5.91 Å². The number of carboxylic acids is 1. The van der Waals surface area contributed by atoms with Crippen LogP contribution in [0.25, 0.3) is 11.1 Å². The van der Waals surface area contributed by atoms with Gasteiger partial charge in [-0.15, -0.1) is 0 Å². The molecule has 0 spiro atoms. The van der Waals surface area contributed by atoms with E-state index in [1.165, 1.54) is 0 Å². The lowest BCUT2D eigenvalue weighted by Gasteiger charge is -2.30. The van der Waals surface area contributed by atoms with Crippen LogP contribution in [0.3, 0.4) is 0 Å². The van der Waals surface area contributed by atoms with Crippen LogP contribution in [0.15, 0.2) is 78.9 Å². The van der Waals surface area contributed by atoms with Crippen LogP contribution in [0, 0.1) is 11.3 Å². The molecule has 1 saturated carbocycles. The molecule has 1 heterocycles. The van der Waals surface area contributed by atoms with Crippen molar-refractivity contribution < 1.29 is 29.0 Å². The summed E-state index contributed by atoms with van der Waals surface area (Å²) in [6.45, 7) is 2.63. The number of fused-ring (bicyclic) bond motifs is 4. The van der Waals surface area contributed by atoms with E-state index in [1.807, 2.05) is 54.6 Å². The monoisotopic (exact) mass is 568 g/mol. The number of likely N-dealkylation sites (tertiary alicyclic amines) is 1. The molecule has 0 bridgehead atoms. The first-order valence-electron chi connectivity index (χ1n) is 14.7. The minimum absolute atomic E-state index is 0.0883. The van der Waals surface area contributed by atoms with Crippen molar-refractivity contribution in [3.05, 3.63) is 95.6 Å². The summed E-state index contributed by atoms with van der Waals surface area (Å²) in [7, 11) is 0. The van der Waals surface area contributed by atoms with Crippen molar-refractivity contribution in [2.45, 2.75) is 50.9 Å². The number of alkyl carbamates (subject to hydrolysis) is 1. The van der Waals surface area contributed by atoms with Gasteiger partial charge in [0.15, 0.2) is 0 Å². The van der Waals surface area contributed by atoms with Gasteiger partial charge < -0.3 is 24.8 Å². The fourth-order valence-electron chi connectivity index (χ4n) is 7.05. The number of benzene rings is 3. The van der Waals surface area contributed by atoms with Crippen LogP contribution in [0.2, 0.25) is 0 Å². The molecule has 2 amide bonds. The molecule has 8 nitrogen and oxygen atoms in total. The van der Waals surface area contributed by atoms with E-state index in [2.05, 4.69) is 29.6 Å². The zero-order valence-electron chi connectivity index (χ0n) is 23.7.